The second-order valence-electron chi connectivity index (χ2n) is 6.78. The Balaban J connectivity index is 2.58. The van der Waals surface area contributed by atoms with Gasteiger partial charge in [-0.1, -0.05) is 31.5 Å². The van der Waals surface area contributed by atoms with Crippen LogP contribution in [0.5, 0.6) is 5.75 Å². The monoisotopic (exact) mass is 440 g/mol. The number of sulfonamides is 2. The molecular formula is C20H28N2O5S2. The van der Waals surface area contributed by atoms with E-state index in [0.717, 1.165) is 5.56 Å². The number of ether oxygens (including phenoxy) is 1. The number of benzene rings is 2. The summed E-state index contributed by atoms with van der Waals surface area (Å²) in [7, 11) is -6.31. The third-order valence-corrected chi connectivity index (χ3v) is 8.35. The number of nitrogens with zero attached hydrogens (tertiary/aromatic N) is 1. The van der Waals surface area contributed by atoms with Gasteiger partial charge in [0.1, 0.15) is 5.75 Å². The topological polar surface area (TPSA) is 92.8 Å². The van der Waals surface area contributed by atoms with Gasteiger partial charge in [-0.05, 0) is 50.1 Å². The van der Waals surface area contributed by atoms with E-state index in [1.807, 2.05) is 6.92 Å². The van der Waals surface area contributed by atoms with Crippen LogP contribution in [0.3, 0.4) is 0 Å². The van der Waals surface area contributed by atoms with E-state index in [4.69, 9.17) is 4.74 Å². The number of aryl methyl sites for hydroxylation is 3. The highest BCUT2D eigenvalue weighted by atomic mass is 32.2. The van der Waals surface area contributed by atoms with Gasteiger partial charge in [-0.25, -0.2) is 16.8 Å². The number of methoxy groups -OCH3 is 1. The molecule has 7 nitrogen and oxygen atoms in total. The highest BCUT2D eigenvalue weighted by molar-refractivity contribution is 7.92. The minimum absolute atomic E-state index is 0.00273. The standard InChI is InChI=1S/C20H28N2O5S2/c1-7-22(8-2)29(25,26)17-9-10-19(27-6)18(13-17)21-28(23,24)20-15(4)11-14(3)12-16(20)5/h9-13,21H,7-8H2,1-6H3. The molecule has 29 heavy (non-hydrogen) atoms. The van der Waals surface area contributed by atoms with Crippen molar-refractivity contribution in [1.29, 1.82) is 0 Å². The van der Waals surface area contributed by atoms with Crippen molar-refractivity contribution < 1.29 is 21.6 Å². The minimum atomic E-state index is -3.96. The molecule has 2 rings (SSSR count). The molecular weight excluding hydrogens is 412 g/mol. The molecule has 160 valence electrons. The molecule has 0 aliphatic carbocycles. The summed E-state index contributed by atoms with van der Waals surface area (Å²) in [6.07, 6.45) is 0. The highest BCUT2D eigenvalue weighted by Crippen LogP contribution is 2.32. The molecule has 0 fully saturated rings. The van der Waals surface area contributed by atoms with E-state index in [9.17, 15) is 16.8 Å². The molecule has 2 aromatic carbocycles. The average Bonchev–Trinajstić information content (AvgIpc) is 2.60. The fraction of sp³-hybridized carbons (Fsp3) is 0.400. The molecule has 0 saturated carbocycles. The smallest absolute Gasteiger partial charge is 0.262 e. The van der Waals surface area contributed by atoms with Crippen molar-refractivity contribution in [3.63, 3.8) is 0 Å². The van der Waals surface area contributed by atoms with E-state index in [-0.39, 0.29) is 21.2 Å². The lowest BCUT2D eigenvalue weighted by atomic mass is 10.1. The lowest BCUT2D eigenvalue weighted by Gasteiger charge is -2.20. The van der Waals surface area contributed by atoms with Crippen molar-refractivity contribution in [1.82, 2.24) is 4.31 Å². The van der Waals surface area contributed by atoms with E-state index in [0.29, 0.717) is 24.2 Å². The Morgan fingerprint density at radius 1 is 0.931 bits per heavy atom. The Labute approximate surface area is 173 Å². The normalized spacial score (nSPS) is 12.2. The van der Waals surface area contributed by atoms with E-state index in [1.54, 1.807) is 39.8 Å². The number of hydrogen-bond acceptors (Lipinski definition) is 5. The maximum atomic E-state index is 13.1. The zero-order chi connectivity index (χ0) is 22.0. The number of anilines is 1. The van der Waals surface area contributed by atoms with Crippen molar-refractivity contribution in [2.24, 2.45) is 0 Å². The van der Waals surface area contributed by atoms with E-state index in [1.165, 1.54) is 29.6 Å². The predicted octanol–water partition coefficient (Wildman–Crippen LogP) is 3.45. The molecule has 0 spiro atoms. The van der Waals surface area contributed by atoms with Gasteiger partial charge in [0.05, 0.1) is 22.6 Å². The first-order valence-electron chi connectivity index (χ1n) is 9.26. The van der Waals surface area contributed by atoms with Crippen molar-refractivity contribution in [2.75, 3.05) is 24.9 Å². The van der Waals surface area contributed by atoms with Crippen LogP contribution in [0.1, 0.15) is 30.5 Å². The summed E-state index contributed by atoms with van der Waals surface area (Å²) >= 11 is 0. The SMILES string of the molecule is CCN(CC)S(=O)(=O)c1ccc(OC)c(NS(=O)(=O)c2c(C)cc(C)cc2C)c1. The van der Waals surface area contributed by atoms with Crippen LogP contribution < -0.4 is 9.46 Å². The second-order valence-corrected chi connectivity index (χ2v) is 10.3. The molecule has 9 heteroatoms. The third-order valence-electron chi connectivity index (χ3n) is 4.63. The average molecular weight is 441 g/mol. The Morgan fingerprint density at radius 3 is 1.97 bits per heavy atom. The summed E-state index contributed by atoms with van der Waals surface area (Å²) in [5.74, 6) is 0.231. The summed E-state index contributed by atoms with van der Waals surface area (Å²) in [5.41, 5.74) is 2.26. The first kappa shape index (κ1) is 23.2. The summed E-state index contributed by atoms with van der Waals surface area (Å²) in [6.45, 7) is 9.48. The minimum Gasteiger partial charge on any atom is -0.495 e. The Kier molecular flexibility index (Phi) is 6.97. The van der Waals surface area contributed by atoms with Gasteiger partial charge in [-0.3, -0.25) is 4.72 Å². The molecule has 0 amide bonds. The van der Waals surface area contributed by atoms with Gasteiger partial charge in [0.25, 0.3) is 10.0 Å². The maximum absolute atomic E-state index is 13.1. The third kappa shape index (κ3) is 4.73. The summed E-state index contributed by atoms with van der Waals surface area (Å²) < 4.78 is 60.9. The molecule has 0 saturated heterocycles. The fourth-order valence-electron chi connectivity index (χ4n) is 3.43. The van der Waals surface area contributed by atoms with Crippen LogP contribution in [0, 0.1) is 20.8 Å². The van der Waals surface area contributed by atoms with Gasteiger partial charge in [0.15, 0.2) is 0 Å². The van der Waals surface area contributed by atoms with Gasteiger partial charge in [0.2, 0.25) is 10.0 Å². The number of rotatable bonds is 8. The first-order chi connectivity index (χ1) is 13.5. The van der Waals surface area contributed by atoms with E-state index < -0.39 is 20.0 Å². The molecule has 0 unspecified atom stereocenters. The summed E-state index contributed by atoms with van der Waals surface area (Å²) in [4.78, 5) is 0.166. The zero-order valence-electron chi connectivity index (χ0n) is 17.6. The molecule has 0 aliphatic rings. The lowest BCUT2D eigenvalue weighted by Crippen LogP contribution is -2.30. The van der Waals surface area contributed by atoms with Gasteiger partial charge in [0, 0.05) is 13.1 Å². The van der Waals surface area contributed by atoms with Crippen molar-refractivity contribution >= 4 is 25.7 Å². The summed E-state index contributed by atoms with van der Waals surface area (Å²) in [5, 5.41) is 0. The second kappa shape index (κ2) is 8.73. The maximum Gasteiger partial charge on any atom is 0.262 e. The van der Waals surface area contributed by atoms with E-state index in [2.05, 4.69) is 4.72 Å². The van der Waals surface area contributed by atoms with Crippen molar-refractivity contribution in [2.45, 2.75) is 44.4 Å². The zero-order valence-corrected chi connectivity index (χ0v) is 19.2. The first-order valence-corrected chi connectivity index (χ1v) is 12.2. The Hall–Kier alpha value is -2.10. The Morgan fingerprint density at radius 2 is 1.48 bits per heavy atom. The van der Waals surface area contributed by atoms with Gasteiger partial charge in [-0.15, -0.1) is 0 Å². The Bertz CT molecular complexity index is 1080. The quantitative estimate of drug-likeness (QED) is 0.679. The molecule has 1 N–H and O–H groups in total. The highest BCUT2D eigenvalue weighted by Gasteiger charge is 2.26. The van der Waals surface area contributed by atoms with Gasteiger partial charge < -0.3 is 4.74 Å². The predicted molar refractivity (Wildman–Crippen MR) is 115 cm³/mol. The van der Waals surface area contributed by atoms with Crippen molar-refractivity contribution in [3.8, 4) is 5.75 Å². The molecule has 2 aromatic rings. The summed E-state index contributed by atoms with van der Waals surface area (Å²) in [6, 6.07) is 7.73. The van der Waals surface area contributed by atoms with Crippen LogP contribution in [0.25, 0.3) is 0 Å². The van der Waals surface area contributed by atoms with Crippen LogP contribution in [-0.2, 0) is 20.0 Å². The van der Waals surface area contributed by atoms with E-state index >= 15 is 0 Å². The molecule has 0 aromatic heterocycles. The van der Waals surface area contributed by atoms with Crippen LogP contribution in [0.4, 0.5) is 5.69 Å². The molecule has 0 atom stereocenters. The van der Waals surface area contributed by atoms with Crippen LogP contribution in [0.2, 0.25) is 0 Å². The number of nitrogens with one attached hydrogen (secondary N) is 1. The van der Waals surface area contributed by atoms with Crippen LogP contribution in [0.15, 0.2) is 40.1 Å². The largest absolute Gasteiger partial charge is 0.495 e. The molecule has 0 heterocycles. The van der Waals surface area contributed by atoms with Crippen LogP contribution >= 0.6 is 0 Å². The number of hydrogen-bond donors (Lipinski definition) is 1. The fourth-order valence-corrected chi connectivity index (χ4v) is 6.43. The van der Waals surface area contributed by atoms with Gasteiger partial charge >= 0.3 is 0 Å². The molecule has 0 aliphatic heterocycles. The van der Waals surface area contributed by atoms with Crippen molar-refractivity contribution in [3.05, 3.63) is 47.0 Å². The van der Waals surface area contributed by atoms with Crippen LogP contribution in [-0.4, -0.2) is 41.3 Å². The van der Waals surface area contributed by atoms with Gasteiger partial charge in [-0.2, -0.15) is 4.31 Å². The molecule has 0 bridgehead atoms. The lowest BCUT2D eigenvalue weighted by molar-refractivity contribution is 0.416. The molecule has 0 radical (unpaired) electrons.